The minimum absolute atomic E-state index is 0.00599. The van der Waals surface area contributed by atoms with Crippen molar-refractivity contribution in [3.05, 3.63) is 39.4 Å². The maximum absolute atomic E-state index is 11.3. The molecule has 0 atom stereocenters. The van der Waals surface area contributed by atoms with Gasteiger partial charge < -0.3 is 9.80 Å². The zero-order chi connectivity index (χ0) is 16.1. The van der Waals surface area contributed by atoms with Crippen LogP contribution >= 0.6 is 0 Å². The molecule has 0 unspecified atom stereocenters. The van der Waals surface area contributed by atoms with Gasteiger partial charge in [0.2, 0.25) is 0 Å². The summed E-state index contributed by atoms with van der Waals surface area (Å²) >= 11 is 0. The minimum Gasteiger partial charge on any atom is -0.363 e. The van der Waals surface area contributed by atoms with Gasteiger partial charge in [0, 0.05) is 32.2 Å². The number of hydrogen-bond acceptors (Lipinski definition) is 6. The molecule has 1 aromatic carbocycles. The van der Waals surface area contributed by atoms with Crippen molar-refractivity contribution in [2.75, 3.05) is 38.1 Å². The van der Waals surface area contributed by atoms with Crippen LogP contribution in [-0.2, 0) is 0 Å². The van der Waals surface area contributed by atoms with E-state index in [1.54, 1.807) is 24.3 Å². The Kier molecular flexibility index (Phi) is 4.72. The van der Waals surface area contributed by atoms with E-state index in [1.165, 1.54) is 12.1 Å². The number of nitro groups is 1. The molecular weight excluding hydrogens is 282 g/mol. The largest absolute Gasteiger partial charge is 0.363 e. The molecule has 7 nitrogen and oxygen atoms in total. The first-order chi connectivity index (χ1) is 10.5. The Morgan fingerprint density at radius 3 is 2.45 bits per heavy atom. The van der Waals surface area contributed by atoms with Crippen LogP contribution in [0.15, 0.2) is 23.8 Å². The van der Waals surface area contributed by atoms with Gasteiger partial charge in [-0.15, -0.1) is 0 Å². The van der Waals surface area contributed by atoms with Crippen LogP contribution in [0.5, 0.6) is 0 Å². The Morgan fingerprint density at radius 2 is 1.91 bits per heavy atom. The molecule has 0 aromatic heterocycles. The van der Waals surface area contributed by atoms with Crippen LogP contribution in [0.1, 0.15) is 5.56 Å². The molecule has 0 bridgehead atoms. The molecule has 22 heavy (non-hydrogen) atoms. The number of likely N-dealkylation sites (N-methyl/N-ethyl adjacent to an activating group) is 1. The molecule has 0 spiro atoms. The summed E-state index contributed by atoms with van der Waals surface area (Å²) in [6.45, 7) is 3.17. The number of rotatable bonds is 3. The zero-order valence-corrected chi connectivity index (χ0v) is 12.2. The molecule has 0 aliphatic carbocycles. The molecule has 0 radical (unpaired) electrons. The molecule has 1 aliphatic rings. The summed E-state index contributed by atoms with van der Waals surface area (Å²) in [5.41, 5.74) is 0.962. The quantitative estimate of drug-likeness (QED) is 0.479. The van der Waals surface area contributed by atoms with Crippen molar-refractivity contribution in [3.8, 4) is 12.1 Å². The van der Waals surface area contributed by atoms with Crippen LogP contribution in [0.4, 0.5) is 11.4 Å². The fraction of sp³-hybridized carbons (Fsp3) is 0.333. The van der Waals surface area contributed by atoms with E-state index in [1.807, 2.05) is 11.9 Å². The second-order valence-corrected chi connectivity index (χ2v) is 5.08. The van der Waals surface area contributed by atoms with Gasteiger partial charge in [0.25, 0.3) is 5.69 Å². The van der Waals surface area contributed by atoms with E-state index in [0.29, 0.717) is 11.3 Å². The normalized spacial score (nSPS) is 14.8. The molecule has 1 saturated heterocycles. The van der Waals surface area contributed by atoms with E-state index >= 15 is 0 Å². The number of anilines is 1. The third-order valence-electron chi connectivity index (χ3n) is 3.59. The maximum atomic E-state index is 11.3. The third kappa shape index (κ3) is 3.40. The number of nitriles is 2. The fourth-order valence-electron chi connectivity index (χ4n) is 2.35. The number of nitrogens with zero attached hydrogens (tertiary/aromatic N) is 5. The van der Waals surface area contributed by atoms with Gasteiger partial charge >= 0.3 is 0 Å². The van der Waals surface area contributed by atoms with Gasteiger partial charge in [-0.25, -0.2) is 0 Å². The molecule has 0 saturated carbocycles. The molecule has 112 valence electrons. The average molecular weight is 297 g/mol. The fourth-order valence-corrected chi connectivity index (χ4v) is 2.35. The van der Waals surface area contributed by atoms with Crippen molar-refractivity contribution in [3.63, 3.8) is 0 Å². The first-order valence-corrected chi connectivity index (χ1v) is 6.79. The van der Waals surface area contributed by atoms with Crippen molar-refractivity contribution >= 4 is 17.5 Å². The second kappa shape index (κ2) is 6.70. The highest BCUT2D eigenvalue weighted by Gasteiger charge is 2.22. The highest BCUT2D eigenvalue weighted by molar-refractivity contribution is 5.71. The van der Waals surface area contributed by atoms with E-state index in [2.05, 4.69) is 4.90 Å². The van der Waals surface area contributed by atoms with E-state index in [9.17, 15) is 10.1 Å². The van der Waals surface area contributed by atoms with Crippen LogP contribution in [0.25, 0.3) is 6.08 Å². The molecule has 0 N–H and O–H groups in total. The van der Waals surface area contributed by atoms with Crippen LogP contribution < -0.4 is 4.90 Å². The summed E-state index contributed by atoms with van der Waals surface area (Å²) in [5, 5.41) is 28.8. The van der Waals surface area contributed by atoms with Crippen molar-refractivity contribution in [1.29, 1.82) is 10.5 Å². The van der Waals surface area contributed by atoms with E-state index < -0.39 is 4.92 Å². The Morgan fingerprint density at radius 1 is 1.27 bits per heavy atom. The van der Waals surface area contributed by atoms with Gasteiger partial charge in [-0.2, -0.15) is 10.5 Å². The van der Waals surface area contributed by atoms with Crippen LogP contribution in [0.2, 0.25) is 0 Å². The number of allylic oxidation sites excluding steroid dienone is 1. The van der Waals surface area contributed by atoms with E-state index in [4.69, 9.17) is 10.5 Å². The molecule has 1 aliphatic heterocycles. The summed E-state index contributed by atoms with van der Waals surface area (Å²) in [4.78, 5) is 15.1. The molecule has 7 heteroatoms. The van der Waals surface area contributed by atoms with Crippen LogP contribution in [0.3, 0.4) is 0 Å². The molecular formula is C15H15N5O2. The Hall–Kier alpha value is -2.90. The minimum atomic E-state index is -0.427. The highest BCUT2D eigenvalue weighted by Crippen LogP contribution is 2.30. The lowest BCUT2D eigenvalue weighted by Crippen LogP contribution is -2.44. The van der Waals surface area contributed by atoms with Gasteiger partial charge in [0.1, 0.15) is 23.4 Å². The summed E-state index contributed by atoms with van der Waals surface area (Å²) in [5.74, 6) is 0. The SMILES string of the molecule is CN1CCN(c2ccc(C=C(C#N)C#N)cc2[N+](=O)[O-])CC1. The molecule has 1 heterocycles. The van der Waals surface area contributed by atoms with Crippen molar-refractivity contribution in [1.82, 2.24) is 4.90 Å². The van der Waals surface area contributed by atoms with Gasteiger partial charge in [-0.05, 0) is 24.8 Å². The van der Waals surface area contributed by atoms with Gasteiger partial charge in [-0.1, -0.05) is 6.07 Å². The third-order valence-corrected chi connectivity index (χ3v) is 3.59. The second-order valence-electron chi connectivity index (χ2n) is 5.08. The Bertz CT molecular complexity index is 675. The van der Waals surface area contributed by atoms with Crippen LogP contribution in [0, 0.1) is 32.8 Å². The summed E-state index contributed by atoms with van der Waals surface area (Å²) in [6, 6.07) is 8.27. The van der Waals surface area contributed by atoms with Gasteiger partial charge in [0.05, 0.1) is 4.92 Å². The first kappa shape index (κ1) is 15.5. The van der Waals surface area contributed by atoms with E-state index in [-0.39, 0.29) is 11.3 Å². The predicted molar refractivity (Wildman–Crippen MR) is 82.0 cm³/mol. The topological polar surface area (TPSA) is 97.2 Å². The lowest BCUT2D eigenvalue weighted by Gasteiger charge is -2.33. The lowest BCUT2D eigenvalue weighted by molar-refractivity contribution is -0.384. The average Bonchev–Trinajstić information content (AvgIpc) is 2.53. The smallest absolute Gasteiger partial charge is 0.293 e. The number of piperazine rings is 1. The van der Waals surface area contributed by atoms with Gasteiger partial charge in [0.15, 0.2) is 0 Å². The lowest BCUT2D eigenvalue weighted by atomic mass is 10.1. The molecule has 2 rings (SSSR count). The highest BCUT2D eigenvalue weighted by atomic mass is 16.6. The Balaban J connectivity index is 2.37. The monoisotopic (exact) mass is 297 g/mol. The number of hydrogen-bond donors (Lipinski definition) is 0. The number of nitro benzene ring substituents is 1. The molecule has 0 amide bonds. The van der Waals surface area contributed by atoms with Crippen molar-refractivity contribution in [2.45, 2.75) is 0 Å². The summed E-state index contributed by atoms with van der Waals surface area (Å²) in [6.07, 6.45) is 1.35. The van der Waals surface area contributed by atoms with E-state index in [0.717, 1.165) is 26.2 Å². The summed E-state index contributed by atoms with van der Waals surface area (Å²) < 4.78 is 0. The molecule has 1 aromatic rings. The van der Waals surface area contributed by atoms with Crippen molar-refractivity contribution in [2.24, 2.45) is 0 Å². The number of benzene rings is 1. The van der Waals surface area contributed by atoms with Crippen molar-refractivity contribution < 1.29 is 4.92 Å². The first-order valence-electron chi connectivity index (χ1n) is 6.79. The summed E-state index contributed by atoms with van der Waals surface area (Å²) in [7, 11) is 2.02. The van der Waals surface area contributed by atoms with Gasteiger partial charge in [-0.3, -0.25) is 10.1 Å². The van der Waals surface area contributed by atoms with Crippen LogP contribution in [-0.4, -0.2) is 43.0 Å². The predicted octanol–water partition coefficient (Wildman–Crippen LogP) is 1.78. The maximum Gasteiger partial charge on any atom is 0.293 e. The Labute approximate surface area is 128 Å². The standard InChI is InChI=1S/C15H15N5O2/c1-18-4-6-19(7-5-18)14-3-2-12(8-13(10-16)11-17)9-15(14)20(21)22/h2-3,8-9H,4-7H2,1H3. The zero-order valence-electron chi connectivity index (χ0n) is 12.2. The molecule has 1 fully saturated rings.